The van der Waals surface area contributed by atoms with Crippen molar-refractivity contribution >= 4 is 0 Å². The van der Waals surface area contributed by atoms with Crippen LogP contribution in [-0.2, 0) is 0 Å². The van der Waals surface area contributed by atoms with Crippen LogP contribution in [0.2, 0.25) is 0 Å². The maximum atomic E-state index is 3.58. The van der Waals surface area contributed by atoms with Crippen LogP contribution in [0.3, 0.4) is 0 Å². The molecule has 2 nitrogen and oxygen atoms in total. The number of likely N-dealkylation sites (tertiary alicyclic amines) is 1. The summed E-state index contributed by atoms with van der Waals surface area (Å²) in [7, 11) is 0. The molecule has 1 saturated heterocycles. The smallest absolute Gasteiger partial charge is 0.0105 e. The van der Waals surface area contributed by atoms with Crippen molar-refractivity contribution < 1.29 is 0 Å². The molecule has 0 bridgehead atoms. The van der Waals surface area contributed by atoms with E-state index in [4.69, 9.17) is 0 Å². The van der Waals surface area contributed by atoms with Crippen molar-refractivity contribution in [3.8, 4) is 0 Å². The van der Waals surface area contributed by atoms with Gasteiger partial charge < -0.3 is 10.2 Å². The maximum absolute atomic E-state index is 3.58. The largest absolute Gasteiger partial charge is 0.316 e. The Morgan fingerprint density at radius 2 is 1.56 bits per heavy atom. The number of hydrogen-bond acceptors (Lipinski definition) is 2. The number of hydrogen-bond donors (Lipinski definition) is 1. The van der Waals surface area contributed by atoms with Crippen molar-refractivity contribution in [3.63, 3.8) is 0 Å². The minimum Gasteiger partial charge on any atom is -0.316 e. The highest BCUT2D eigenvalue weighted by molar-refractivity contribution is 4.77. The first-order valence-electron chi connectivity index (χ1n) is 7.06. The molecule has 0 aromatic rings. The van der Waals surface area contributed by atoms with Gasteiger partial charge in [-0.25, -0.2) is 0 Å². The van der Waals surface area contributed by atoms with E-state index in [1.807, 2.05) is 0 Å². The fourth-order valence-corrected chi connectivity index (χ4v) is 2.46. The van der Waals surface area contributed by atoms with E-state index in [0.717, 1.165) is 31.0 Å². The molecule has 0 aliphatic carbocycles. The van der Waals surface area contributed by atoms with Crippen LogP contribution in [0.4, 0.5) is 0 Å². The summed E-state index contributed by atoms with van der Waals surface area (Å²) in [5.74, 6) is 1.52. The normalized spacial score (nSPS) is 22.3. The Morgan fingerprint density at radius 3 is 2.12 bits per heavy atom. The van der Waals surface area contributed by atoms with Gasteiger partial charge in [-0.15, -0.1) is 0 Å². The zero-order chi connectivity index (χ0) is 12.0. The third-order valence-corrected chi connectivity index (χ3v) is 3.81. The second-order valence-corrected chi connectivity index (χ2v) is 5.87. The number of rotatable bonds is 6. The number of piperidine rings is 1. The van der Waals surface area contributed by atoms with Crippen molar-refractivity contribution in [2.24, 2.45) is 11.8 Å². The van der Waals surface area contributed by atoms with E-state index in [0.29, 0.717) is 0 Å². The Hall–Kier alpha value is -0.0800. The Balaban J connectivity index is 2.20. The zero-order valence-electron chi connectivity index (χ0n) is 11.6. The Bertz CT molecular complexity index is 174. The fourth-order valence-electron chi connectivity index (χ4n) is 2.46. The molecule has 1 rings (SSSR count). The average Bonchev–Trinajstić information content (AvgIpc) is 2.28. The highest BCUT2D eigenvalue weighted by atomic mass is 15.2. The van der Waals surface area contributed by atoms with Gasteiger partial charge in [-0.05, 0) is 57.8 Å². The SMILES string of the molecule is CC(C)CNCC(C)C(C)N1CCCCC1. The van der Waals surface area contributed by atoms with Gasteiger partial charge in [0.2, 0.25) is 0 Å². The van der Waals surface area contributed by atoms with Crippen LogP contribution in [0.5, 0.6) is 0 Å². The molecule has 1 aliphatic heterocycles. The number of nitrogens with one attached hydrogen (secondary N) is 1. The molecule has 0 amide bonds. The Kier molecular flexibility index (Phi) is 6.37. The summed E-state index contributed by atoms with van der Waals surface area (Å²) in [5, 5.41) is 3.58. The summed E-state index contributed by atoms with van der Waals surface area (Å²) in [6, 6.07) is 0.736. The molecule has 16 heavy (non-hydrogen) atoms. The van der Waals surface area contributed by atoms with Crippen molar-refractivity contribution in [1.29, 1.82) is 0 Å². The summed E-state index contributed by atoms with van der Waals surface area (Å²) in [6.07, 6.45) is 4.23. The van der Waals surface area contributed by atoms with E-state index in [-0.39, 0.29) is 0 Å². The van der Waals surface area contributed by atoms with E-state index in [9.17, 15) is 0 Å². The summed E-state index contributed by atoms with van der Waals surface area (Å²) >= 11 is 0. The van der Waals surface area contributed by atoms with E-state index in [1.165, 1.54) is 32.4 Å². The highest BCUT2D eigenvalue weighted by Crippen LogP contribution is 2.16. The molecule has 0 spiro atoms. The van der Waals surface area contributed by atoms with Gasteiger partial charge in [0.05, 0.1) is 0 Å². The molecule has 1 heterocycles. The second kappa shape index (κ2) is 7.29. The molecule has 2 heteroatoms. The van der Waals surface area contributed by atoms with Crippen molar-refractivity contribution in [3.05, 3.63) is 0 Å². The van der Waals surface area contributed by atoms with Gasteiger partial charge in [-0.2, -0.15) is 0 Å². The first kappa shape index (κ1) is 14.0. The monoisotopic (exact) mass is 226 g/mol. The molecule has 1 N–H and O–H groups in total. The van der Waals surface area contributed by atoms with Crippen LogP contribution in [0.15, 0.2) is 0 Å². The predicted molar refractivity (Wildman–Crippen MR) is 71.8 cm³/mol. The summed E-state index contributed by atoms with van der Waals surface area (Å²) < 4.78 is 0. The van der Waals surface area contributed by atoms with Gasteiger partial charge in [0.1, 0.15) is 0 Å². The summed E-state index contributed by atoms with van der Waals surface area (Å²) in [6.45, 7) is 14.3. The first-order chi connectivity index (χ1) is 7.61. The van der Waals surface area contributed by atoms with Gasteiger partial charge in [0, 0.05) is 6.04 Å². The van der Waals surface area contributed by atoms with Crippen LogP contribution in [-0.4, -0.2) is 37.1 Å². The Labute approximate surface area is 102 Å². The second-order valence-electron chi connectivity index (χ2n) is 5.87. The van der Waals surface area contributed by atoms with Gasteiger partial charge in [0.25, 0.3) is 0 Å². The van der Waals surface area contributed by atoms with E-state index >= 15 is 0 Å². The molecular weight excluding hydrogens is 196 g/mol. The quantitative estimate of drug-likeness (QED) is 0.749. The lowest BCUT2D eigenvalue weighted by Crippen LogP contribution is -2.44. The Morgan fingerprint density at radius 1 is 0.938 bits per heavy atom. The minimum atomic E-state index is 0.736. The molecule has 0 radical (unpaired) electrons. The summed E-state index contributed by atoms with van der Waals surface area (Å²) in [5.41, 5.74) is 0. The number of nitrogens with zero attached hydrogens (tertiary/aromatic N) is 1. The van der Waals surface area contributed by atoms with Crippen LogP contribution in [0.1, 0.15) is 47.0 Å². The lowest BCUT2D eigenvalue weighted by atomic mass is 9.99. The zero-order valence-corrected chi connectivity index (χ0v) is 11.6. The van der Waals surface area contributed by atoms with Gasteiger partial charge >= 0.3 is 0 Å². The van der Waals surface area contributed by atoms with Gasteiger partial charge in [-0.1, -0.05) is 27.2 Å². The van der Waals surface area contributed by atoms with Crippen molar-refractivity contribution in [1.82, 2.24) is 10.2 Å². The van der Waals surface area contributed by atoms with Gasteiger partial charge in [0.15, 0.2) is 0 Å². The minimum absolute atomic E-state index is 0.736. The molecule has 96 valence electrons. The van der Waals surface area contributed by atoms with E-state index < -0.39 is 0 Å². The average molecular weight is 226 g/mol. The first-order valence-corrected chi connectivity index (χ1v) is 7.06. The van der Waals surface area contributed by atoms with E-state index in [1.54, 1.807) is 0 Å². The van der Waals surface area contributed by atoms with Crippen LogP contribution >= 0.6 is 0 Å². The van der Waals surface area contributed by atoms with Crippen LogP contribution in [0.25, 0.3) is 0 Å². The standard InChI is InChI=1S/C14H30N2/c1-12(2)10-15-11-13(3)14(4)16-8-6-5-7-9-16/h12-15H,5-11H2,1-4H3. The molecule has 2 unspecified atom stereocenters. The lowest BCUT2D eigenvalue weighted by molar-refractivity contribution is 0.133. The molecular formula is C14H30N2. The molecule has 0 saturated carbocycles. The third-order valence-electron chi connectivity index (χ3n) is 3.81. The molecule has 0 aromatic carbocycles. The van der Waals surface area contributed by atoms with Crippen LogP contribution in [0, 0.1) is 11.8 Å². The van der Waals surface area contributed by atoms with E-state index in [2.05, 4.69) is 37.9 Å². The molecule has 0 aromatic heterocycles. The topological polar surface area (TPSA) is 15.3 Å². The molecule has 2 atom stereocenters. The third kappa shape index (κ3) is 4.84. The predicted octanol–water partition coefficient (Wildman–Crippen LogP) is 2.74. The fraction of sp³-hybridized carbons (Fsp3) is 1.00. The highest BCUT2D eigenvalue weighted by Gasteiger charge is 2.21. The molecule has 1 aliphatic rings. The lowest BCUT2D eigenvalue weighted by Gasteiger charge is -2.36. The van der Waals surface area contributed by atoms with Crippen molar-refractivity contribution in [2.75, 3.05) is 26.2 Å². The van der Waals surface area contributed by atoms with Gasteiger partial charge in [-0.3, -0.25) is 0 Å². The summed E-state index contributed by atoms with van der Waals surface area (Å²) in [4.78, 5) is 2.67. The van der Waals surface area contributed by atoms with Crippen LogP contribution < -0.4 is 5.32 Å². The van der Waals surface area contributed by atoms with Crippen molar-refractivity contribution in [2.45, 2.75) is 53.0 Å². The molecule has 1 fully saturated rings. The maximum Gasteiger partial charge on any atom is 0.0105 e.